The van der Waals surface area contributed by atoms with Gasteiger partial charge in [-0.1, -0.05) is 79.2 Å². The highest BCUT2D eigenvalue weighted by Gasteiger charge is 2.33. The first-order valence-corrected chi connectivity index (χ1v) is 11.7. The fraction of sp³-hybridized carbons (Fsp3) is 0.241. The fourth-order valence-corrected chi connectivity index (χ4v) is 4.89. The van der Waals surface area contributed by atoms with Gasteiger partial charge in [-0.2, -0.15) is 0 Å². The number of nitrogens with zero attached hydrogens (tertiary/aromatic N) is 1. The predicted octanol–water partition coefficient (Wildman–Crippen LogP) is 5.26. The van der Waals surface area contributed by atoms with Gasteiger partial charge in [0, 0.05) is 17.0 Å². The zero-order valence-electron chi connectivity index (χ0n) is 18.9. The molecule has 4 aromatic rings. The number of hydrogen-bond acceptors (Lipinski definition) is 5. The van der Waals surface area contributed by atoms with Crippen LogP contribution in [0.5, 0.6) is 5.75 Å². The van der Waals surface area contributed by atoms with E-state index < -0.39 is 12.6 Å². The maximum Gasteiger partial charge on any atom is 0.198 e. The van der Waals surface area contributed by atoms with Crippen LogP contribution in [0.2, 0.25) is 0 Å². The smallest absolute Gasteiger partial charge is 0.198 e. The van der Waals surface area contributed by atoms with Crippen molar-refractivity contribution < 1.29 is 19.1 Å². The molecular formula is C29H26NO4-. The summed E-state index contributed by atoms with van der Waals surface area (Å²) in [7, 11) is 0. The van der Waals surface area contributed by atoms with Crippen LogP contribution < -0.4 is 9.84 Å². The lowest BCUT2D eigenvalue weighted by Crippen LogP contribution is -2.28. The van der Waals surface area contributed by atoms with E-state index in [0.717, 1.165) is 59.7 Å². The topological polar surface area (TPSA) is 75.4 Å². The molecule has 1 heterocycles. The third-order valence-electron chi connectivity index (χ3n) is 6.46. The van der Waals surface area contributed by atoms with Crippen LogP contribution in [-0.4, -0.2) is 17.6 Å². The van der Waals surface area contributed by atoms with Gasteiger partial charge in [0.2, 0.25) is 0 Å². The molecule has 0 N–H and O–H groups in total. The molecular weight excluding hydrogens is 426 g/mol. The van der Waals surface area contributed by atoms with Gasteiger partial charge < -0.3 is 19.1 Å². The van der Waals surface area contributed by atoms with E-state index in [1.165, 1.54) is 0 Å². The molecule has 5 nitrogen and oxygen atoms in total. The fourth-order valence-electron chi connectivity index (χ4n) is 4.89. The molecule has 0 unspecified atom stereocenters. The van der Waals surface area contributed by atoms with Crippen molar-refractivity contribution in [1.29, 1.82) is 0 Å². The molecule has 1 saturated carbocycles. The molecule has 0 amide bonds. The van der Waals surface area contributed by atoms with Crippen LogP contribution in [0.15, 0.2) is 89.3 Å². The molecule has 0 bridgehead atoms. The number of aliphatic carboxylic acids is 1. The minimum absolute atomic E-state index is 0.229. The Labute approximate surface area is 199 Å². The third kappa shape index (κ3) is 4.88. The Bertz CT molecular complexity index is 1190. The number of ether oxygens (including phenoxy) is 1. The number of hydrogen-bond donors (Lipinski definition) is 0. The summed E-state index contributed by atoms with van der Waals surface area (Å²) in [5.74, 6) is 1.54. The van der Waals surface area contributed by atoms with Gasteiger partial charge in [0.05, 0.1) is 5.97 Å². The van der Waals surface area contributed by atoms with Gasteiger partial charge >= 0.3 is 0 Å². The van der Waals surface area contributed by atoms with Gasteiger partial charge in [-0.3, -0.25) is 0 Å². The lowest BCUT2D eigenvalue weighted by molar-refractivity contribution is -0.307. The van der Waals surface area contributed by atoms with Crippen molar-refractivity contribution >= 4 is 5.97 Å². The number of aromatic nitrogens is 1. The van der Waals surface area contributed by atoms with Crippen molar-refractivity contribution in [2.45, 2.75) is 31.6 Å². The second-order valence-corrected chi connectivity index (χ2v) is 8.77. The summed E-state index contributed by atoms with van der Waals surface area (Å²) in [5, 5.41) is 10.7. The van der Waals surface area contributed by atoms with Gasteiger partial charge in [0.1, 0.15) is 18.1 Å². The minimum Gasteiger partial charge on any atom is -0.546 e. The highest BCUT2D eigenvalue weighted by Crippen LogP contribution is 2.44. The number of carbonyl (C=O) groups excluding carboxylic acids is 1. The average molecular weight is 453 g/mol. The van der Waals surface area contributed by atoms with E-state index in [1.807, 2.05) is 48.5 Å². The van der Waals surface area contributed by atoms with Gasteiger partial charge in [0.25, 0.3) is 0 Å². The van der Waals surface area contributed by atoms with E-state index in [1.54, 1.807) is 6.07 Å². The molecule has 34 heavy (non-hydrogen) atoms. The molecule has 0 spiro atoms. The summed E-state index contributed by atoms with van der Waals surface area (Å²) in [4.78, 5) is 15.8. The highest BCUT2D eigenvalue weighted by molar-refractivity contribution is 5.76. The van der Waals surface area contributed by atoms with E-state index in [9.17, 15) is 9.90 Å². The molecule has 2 atom stereocenters. The average Bonchev–Trinajstić information content (AvgIpc) is 3.51. The molecule has 1 aromatic heterocycles. The number of carboxylic acids is 1. The van der Waals surface area contributed by atoms with Crippen LogP contribution in [0.25, 0.3) is 22.6 Å². The van der Waals surface area contributed by atoms with Crippen LogP contribution in [0.4, 0.5) is 0 Å². The molecule has 0 aliphatic heterocycles. The predicted molar refractivity (Wildman–Crippen MR) is 128 cm³/mol. The molecule has 1 fully saturated rings. The zero-order chi connectivity index (χ0) is 23.3. The second-order valence-electron chi connectivity index (χ2n) is 8.77. The van der Waals surface area contributed by atoms with Gasteiger partial charge in [0.15, 0.2) is 11.7 Å². The summed E-state index contributed by atoms with van der Waals surface area (Å²) in [6.07, 6.45) is 4.11. The lowest BCUT2D eigenvalue weighted by Gasteiger charge is -2.17. The Hall–Kier alpha value is -3.86. The van der Waals surface area contributed by atoms with Crippen molar-refractivity contribution in [2.24, 2.45) is 5.92 Å². The number of oxazole rings is 1. The Kier molecular flexibility index (Phi) is 6.43. The first-order chi connectivity index (χ1) is 16.7. The summed E-state index contributed by atoms with van der Waals surface area (Å²) >= 11 is 0. The van der Waals surface area contributed by atoms with E-state index in [4.69, 9.17) is 14.1 Å². The first kappa shape index (κ1) is 22.0. The molecule has 3 aromatic carbocycles. The molecule has 1 aliphatic rings. The van der Waals surface area contributed by atoms with Crippen molar-refractivity contribution in [3.05, 3.63) is 96.4 Å². The maximum absolute atomic E-state index is 10.7. The van der Waals surface area contributed by atoms with Gasteiger partial charge in [-0.15, -0.1) is 0 Å². The van der Waals surface area contributed by atoms with Crippen LogP contribution in [-0.2, 0) is 11.2 Å². The Balaban J connectivity index is 1.43. The summed E-state index contributed by atoms with van der Waals surface area (Å²) in [6.45, 7) is -0.448. The van der Waals surface area contributed by atoms with E-state index in [0.29, 0.717) is 11.7 Å². The Morgan fingerprint density at radius 1 is 0.941 bits per heavy atom. The molecule has 0 radical (unpaired) electrons. The SMILES string of the molecule is O=C([O-])COc1cccc(C[C@@H]2CCC[C@H]2c2nc(-c3ccccc3)c(-c3ccccc3)o2)c1. The van der Waals surface area contributed by atoms with Crippen molar-refractivity contribution in [1.82, 2.24) is 4.98 Å². The number of benzene rings is 3. The normalized spacial score (nSPS) is 17.5. The first-order valence-electron chi connectivity index (χ1n) is 11.7. The number of carbonyl (C=O) groups is 1. The minimum atomic E-state index is -1.23. The van der Waals surface area contributed by atoms with Crippen molar-refractivity contribution in [3.8, 4) is 28.3 Å². The Morgan fingerprint density at radius 3 is 2.41 bits per heavy atom. The molecule has 5 heteroatoms. The standard InChI is InChI=1S/C29H27NO4/c31-26(32)19-33-24-15-7-9-20(18-24)17-23-14-8-16-25(23)29-30-27(21-10-3-1-4-11-21)28(34-29)22-12-5-2-6-13-22/h1-7,9-13,15,18,23,25H,8,14,16-17,19H2,(H,31,32)/p-1/t23-,25+/m0/s1. The largest absolute Gasteiger partial charge is 0.546 e. The van der Waals surface area contributed by atoms with E-state index in [-0.39, 0.29) is 5.92 Å². The number of carboxylic acid groups (broad SMARTS) is 1. The molecule has 0 saturated heterocycles. The highest BCUT2D eigenvalue weighted by atomic mass is 16.5. The van der Waals surface area contributed by atoms with Gasteiger partial charge in [-0.05, 0) is 42.9 Å². The van der Waals surface area contributed by atoms with Crippen molar-refractivity contribution in [3.63, 3.8) is 0 Å². The van der Waals surface area contributed by atoms with Crippen LogP contribution in [0, 0.1) is 5.92 Å². The summed E-state index contributed by atoms with van der Waals surface area (Å²) < 4.78 is 11.8. The van der Waals surface area contributed by atoms with Crippen molar-refractivity contribution in [2.75, 3.05) is 6.61 Å². The maximum atomic E-state index is 10.7. The Morgan fingerprint density at radius 2 is 1.68 bits per heavy atom. The summed E-state index contributed by atoms with van der Waals surface area (Å²) in [6, 6.07) is 28.0. The van der Waals surface area contributed by atoms with Crippen LogP contribution in [0.3, 0.4) is 0 Å². The third-order valence-corrected chi connectivity index (χ3v) is 6.46. The summed E-state index contributed by atoms with van der Waals surface area (Å²) in [5.41, 5.74) is 4.06. The van der Waals surface area contributed by atoms with Crippen LogP contribution in [0.1, 0.15) is 36.6 Å². The zero-order valence-corrected chi connectivity index (χ0v) is 18.9. The van der Waals surface area contributed by atoms with Crippen LogP contribution >= 0.6 is 0 Å². The van der Waals surface area contributed by atoms with E-state index in [2.05, 4.69) is 30.3 Å². The molecule has 172 valence electrons. The lowest BCUT2D eigenvalue weighted by atomic mass is 9.89. The number of rotatable bonds is 8. The molecule has 1 aliphatic carbocycles. The molecule has 5 rings (SSSR count). The second kappa shape index (κ2) is 9.96. The quantitative estimate of drug-likeness (QED) is 0.364. The van der Waals surface area contributed by atoms with E-state index >= 15 is 0 Å². The monoisotopic (exact) mass is 452 g/mol. The van der Waals surface area contributed by atoms with Gasteiger partial charge in [-0.25, -0.2) is 4.98 Å².